The van der Waals surface area contributed by atoms with Crippen molar-refractivity contribution in [3.63, 3.8) is 0 Å². The van der Waals surface area contributed by atoms with E-state index < -0.39 is 0 Å². The van der Waals surface area contributed by atoms with Gasteiger partial charge in [-0.3, -0.25) is 0 Å². The van der Waals surface area contributed by atoms with Gasteiger partial charge in [0, 0.05) is 5.41 Å². The highest BCUT2D eigenvalue weighted by Crippen LogP contribution is 2.64. The molecule has 500 valence electrons. The Hall–Kier alpha value is -10.9. The molecule has 0 amide bonds. The molecule has 0 N–H and O–H groups in total. The lowest BCUT2D eigenvalue weighted by molar-refractivity contribution is 0.401. The van der Waals surface area contributed by atoms with Gasteiger partial charge >= 0.3 is 0 Å². The third-order valence-electron chi connectivity index (χ3n) is 22.1. The highest BCUT2D eigenvalue weighted by Gasteiger charge is 2.52. The Balaban J connectivity index is 0.000000239. The molecule has 17 rings (SSSR count). The van der Waals surface area contributed by atoms with Crippen LogP contribution in [0.5, 0.6) is 0 Å². The van der Waals surface area contributed by atoms with Gasteiger partial charge in [0.25, 0.3) is 0 Å². The van der Waals surface area contributed by atoms with Gasteiger partial charge in [-0.05, 0) is 195 Å². The number of benzene rings is 14. The molecular formula is C102H92. The molecule has 0 atom stereocenters. The van der Waals surface area contributed by atoms with Crippen LogP contribution in [0.25, 0.3) is 122 Å². The van der Waals surface area contributed by atoms with Crippen molar-refractivity contribution in [2.24, 2.45) is 0 Å². The van der Waals surface area contributed by atoms with Gasteiger partial charge < -0.3 is 0 Å². The van der Waals surface area contributed by atoms with Crippen molar-refractivity contribution in [1.82, 2.24) is 0 Å². The maximum atomic E-state index is 2.67. The topological polar surface area (TPSA) is 0 Å². The summed E-state index contributed by atoms with van der Waals surface area (Å²) in [6, 6.07) is 123. The summed E-state index contributed by atoms with van der Waals surface area (Å²) in [7, 11) is 0. The molecular weight excluding hydrogens is 1230 g/mol. The number of fused-ring (bicyclic) bond motifs is 13. The molecule has 14 aromatic carbocycles. The van der Waals surface area contributed by atoms with Crippen molar-refractivity contribution in [2.75, 3.05) is 0 Å². The molecule has 14 aromatic rings. The Morgan fingerprint density at radius 3 is 0.804 bits per heavy atom. The van der Waals surface area contributed by atoms with Gasteiger partial charge in [0.15, 0.2) is 0 Å². The zero-order valence-corrected chi connectivity index (χ0v) is 60.2. The molecule has 0 fully saturated rings. The van der Waals surface area contributed by atoms with Crippen molar-refractivity contribution in [2.45, 2.75) is 117 Å². The minimum atomic E-state index is -0.199. The summed E-state index contributed by atoms with van der Waals surface area (Å²) in [4.78, 5) is 0. The quantitative estimate of drug-likeness (QED) is 0.0751. The number of hydrogen-bond donors (Lipinski definition) is 0. The maximum Gasteiger partial charge on any atom is 0.0725 e. The van der Waals surface area contributed by atoms with Crippen LogP contribution in [0, 0.1) is 13.8 Å². The van der Waals surface area contributed by atoms with Crippen molar-refractivity contribution in [3.8, 4) is 122 Å². The van der Waals surface area contributed by atoms with Crippen LogP contribution in [0.4, 0.5) is 0 Å². The Bertz CT molecular complexity index is 4920. The maximum absolute atomic E-state index is 2.67. The average Bonchev–Trinajstić information content (AvgIpc) is 1.51. The second-order valence-electron chi connectivity index (χ2n) is 28.2. The van der Waals surface area contributed by atoms with Gasteiger partial charge in [-0.1, -0.05) is 406 Å². The van der Waals surface area contributed by atoms with Crippen LogP contribution in [0.2, 0.25) is 0 Å². The Kier molecular flexibility index (Phi) is 19.5. The van der Waals surface area contributed by atoms with E-state index in [0.717, 1.165) is 12.8 Å². The molecule has 0 saturated heterocycles. The van der Waals surface area contributed by atoms with Crippen LogP contribution in [0.1, 0.15) is 136 Å². The van der Waals surface area contributed by atoms with Gasteiger partial charge in [0.1, 0.15) is 0 Å². The molecule has 0 heterocycles. The second-order valence-corrected chi connectivity index (χ2v) is 28.2. The molecule has 0 bridgehead atoms. The van der Waals surface area contributed by atoms with E-state index in [-0.39, 0.29) is 10.8 Å². The van der Waals surface area contributed by atoms with Gasteiger partial charge in [0.05, 0.1) is 5.41 Å². The van der Waals surface area contributed by atoms with Crippen LogP contribution >= 0.6 is 0 Å². The largest absolute Gasteiger partial charge is 0.0725 e. The van der Waals surface area contributed by atoms with E-state index in [2.05, 4.69) is 355 Å². The van der Waals surface area contributed by atoms with Gasteiger partial charge in [-0.15, -0.1) is 0 Å². The first-order valence-electron chi connectivity index (χ1n) is 37.8. The minimum absolute atomic E-state index is 0.175. The Morgan fingerprint density at radius 2 is 0.471 bits per heavy atom. The fourth-order valence-corrected chi connectivity index (χ4v) is 17.6. The summed E-state index contributed by atoms with van der Waals surface area (Å²) in [5.74, 6) is 0. The van der Waals surface area contributed by atoms with Crippen molar-refractivity contribution in [3.05, 3.63) is 372 Å². The smallest absolute Gasteiger partial charge is 0.0683 e. The zero-order chi connectivity index (χ0) is 69.6. The lowest BCUT2D eigenvalue weighted by Gasteiger charge is -2.34. The number of unbranched alkanes of at least 4 members (excludes halogenated alkanes) is 6. The molecule has 102 heavy (non-hydrogen) atoms. The first kappa shape index (κ1) is 66.9. The fourth-order valence-electron chi connectivity index (χ4n) is 17.6. The summed E-state index contributed by atoms with van der Waals surface area (Å²) in [5.41, 5.74) is 39.3. The van der Waals surface area contributed by atoms with Crippen molar-refractivity contribution < 1.29 is 0 Å². The minimum Gasteiger partial charge on any atom is -0.0683 e. The monoisotopic (exact) mass is 1320 g/mol. The van der Waals surface area contributed by atoms with Gasteiger partial charge in [0.2, 0.25) is 0 Å². The van der Waals surface area contributed by atoms with Crippen LogP contribution in [-0.4, -0.2) is 0 Å². The van der Waals surface area contributed by atoms with E-state index in [0.29, 0.717) is 0 Å². The van der Waals surface area contributed by atoms with E-state index in [1.165, 1.54) is 218 Å². The molecule has 0 aromatic heterocycles. The normalized spacial score (nSPS) is 12.8. The highest BCUT2D eigenvalue weighted by atomic mass is 14.5. The number of aryl methyl sites for hydroxylation is 2. The molecule has 0 aliphatic heterocycles. The van der Waals surface area contributed by atoms with E-state index in [4.69, 9.17) is 0 Å². The third kappa shape index (κ3) is 12.1. The predicted octanol–water partition coefficient (Wildman–Crippen LogP) is 28.9. The summed E-state index contributed by atoms with van der Waals surface area (Å²) in [6.45, 7) is 13.1. The predicted molar refractivity (Wildman–Crippen MR) is 437 cm³/mol. The molecule has 3 aliphatic rings. The summed E-state index contributed by atoms with van der Waals surface area (Å²) in [5, 5.41) is 0. The molecule has 1 spiro atoms. The number of hydrogen-bond acceptors (Lipinski definition) is 0. The molecule has 0 unspecified atom stereocenters. The molecule has 0 heteroatoms. The van der Waals surface area contributed by atoms with E-state index >= 15 is 0 Å². The summed E-state index contributed by atoms with van der Waals surface area (Å²) < 4.78 is 0. The van der Waals surface area contributed by atoms with Crippen LogP contribution in [0.15, 0.2) is 328 Å². The summed E-state index contributed by atoms with van der Waals surface area (Å²) in [6.07, 6.45) is 12.0. The highest BCUT2D eigenvalue weighted by molar-refractivity contribution is 6.05. The van der Waals surface area contributed by atoms with Gasteiger partial charge in [-0.25, -0.2) is 0 Å². The van der Waals surface area contributed by atoms with E-state index in [1.54, 1.807) is 0 Å². The standard InChI is InChI=1S/C73H66.C27H20.C2H6/c1-3-5-7-27-49-73(50-28-8-6-4-2)67-51-59(71-63(55-33-19-11-20-34-55)47-45-61(53-29-15-9-16-30-53)69(71)57-37-23-13-24-38-57)41-43-65(67)66-44-42-60(52-68(66)73)72-64(56-35-21-12-22-36-56)48-46-62(54-31-17-10-18-32-54)70(72)58-39-25-14-26-40-58;1-17-11-13-21-22-14-12-18(2)16-26(22)27(25(21)15-17)23-9-5-3-7-19(23)20-8-4-6-10-24(20)27;1-2/h9-26,29-48,51-52H,3-8,27-28,49-50H2,1-2H3;3-16H,1-2H3;1-2H3. The SMILES string of the molecule is CC.CCCCCCC1(CCCCCC)c2cc(-c3c(-c4ccccc4)ccc(-c4ccccc4)c3-c3ccccc3)ccc2-c2ccc(-c3c(-c4ccccc4)ccc(-c4ccccc4)c3-c3ccccc3)cc21.Cc1ccc2c(c1)C1(c3ccccc3-c3ccccc31)c1cc(C)ccc1-2. The lowest BCUT2D eigenvalue weighted by Crippen LogP contribution is -2.26. The molecule has 3 aliphatic carbocycles. The second kappa shape index (κ2) is 29.7. The van der Waals surface area contributed by atoms with Gasteiger partial charge in [-0.2, -0.15) is 0 Å². The van der Waals surface area contributed by atoms with Crippen LogP contribution < -0.4 is 0 Å². The van der Waals surface area contributed by atoms with Crippen molar-refractivity contribution >= 4 is 0 Å². The Morgan fingerprint density at radius 1 is 0.206 bits per heavy atom. The fraction of sp³-hybridized carbons (Fsp3) is 0.176. The van der Waals surface area contributed by atoms with Crippen LogP contribution in [-0.2, 0) is 10.8 Å². The average molecular weight is 1320 g/mol. The number of rotatable bonds is 18. The zero-order valence-electron chi connectivity index (χ0n) is 60.2. The first-order chi connectivity index (χ1) is 50.4. The van der Waals surface area contributed by atoms with E-state index in [9.17, 15) is 0 Å². The summed E-state index contributed by atoms with van der Waals surface area (Å²) >= 11 is 0. The first-order valence-corrected chi connectivity index (χ1v) is 37.8. The molecule has 0 nitrogen and oxygen atoms in total. The van der Waals surface area contributed by atoms with Crippen molar-refractivity contribution in [1.29, 1.82) is 0 Å². The third-order valence-corrected chi connectivity index (χ3v) is 22.1. The lowest BCUT2D eigenvalue weighted by atomic mass is 9.69. The molecule has 0 radical (unpaired) electrons. The molecule has 0 saturated carbocycles. The Labute approximate surface area is 607 Å². The van der Waals surface area contributed by atoms with Crippen LogP contribution in [0.3, 0.4) is 0 Å². The van der Waals surface area contributed by atoms with E-state index in [1.807, 2.05) is 13.8 Å².